The Labute approximate surface area is 89.7 Å². The summed E-state index contributed by atoms with van der Waals surface area (Å²) in [6.07, 6.45) is 0. The summed E-state index contributed by atoms with van der Waals surface area (Å²) in [6.45, 7) is 3.97. The zero-order chi connectivity index (χ0) is 11.1. The largest absolute Gasteiger partial charge is 0.399 e. The number of hydrogen-bond acceptors (Lipinski definition) is 4. The molecule has 0 aromatic heterocycles. The average Bonchev–Trinajstić information content (AvgIpc) is 2.26. The van der Waals surface area contributed by atoms with E-state index < -0.39 is 0 Å². The van der Waals surface area contributed by atoms with Gasteiger partial charge >= 0.3 is 0 Å². The maximum Gasteiger partial charge on any atom is 0.101 e. The van der Waals surface area contributed by atoms with Crippen molar-refractivity contribution >= 4 is 11.4 Å². The quantitative estimate of drug-likeness (QED) is 0.565. The first-order valence-corrected chi connectivity index (χ1v) is 4.89. The first-order chi connectivity index (χ1) is 7.27. The van der Waals surface area contributed by atoms with Gasteiger partial charge in [0.25, 0.3) is 0 Å². The van der Waals surface area contributed by atoms with Crippen molar-refractivity contribution in [1.29, 1.82) is 5.26 Å². The van der Waals surface area contributed by atoms with Crippen molar-refractivity contribution in [2.24, 2.45) is 0 Å². The van der Waals surface area contributed by atoms with E-state index >= 15 is 0 Å². The van der Waals surface area contributed by atoms with E-state index in [1.807, 2.05) is 6.92 Å². The normalized spacial score (nSPS) is 9.60. The van der Waals surface area contributed by atoms with Crippen LogP contribution in [0.1, 0.15) is 12.5 Å². The molecule has 0 aliphatic heterocycles. The van der Waals surface area contributed by atoms with Crippen LogP contribution in [0.2, 0.25) is 0 Å². The van der Waals surface area contributed by atoms with Crippen molar-refractivity contribution < 1.29 is 4.74 Å². The molecule has 0 aliphatic carbocycles. The fourth-order valence-electron chi connectivity index (χ4n) is 1.21. The summed E-state index contributed by atoms with van der Waals surface area (Å²) in [6, 6.07) is 7.32. The smallest absolute Gasteiger partial charge is 0.101 e. The van der Waals surface area contributed by atoms with Gasteiger partial charge in [0.05, 0.1) is 17.9 Å². The van der Waals surface area contributed by atoms with Gasteiger partial charge in [0, 0.05) is 18.8 Å². The van der Waals surface area contributed by atoms with E-state index in [0.717, 1.165) is 5.69 Å². The van der Waals surface area contributed by atoms with Crippen LogP contribution in [0.25, 0.3) is 0 Å². The maximum absolute atomic E-state index is 8.87. The monoisotopic (exact) mass is 205 g/mol. The van der Waals surface area contributed by atoms with Crippen molar-refractivity contribution in [3.63, 3.8) is 0 Å². The molecule has 0 saturated carbocycles. The molecule has 0 saturated heterocycles. The molecule has 0 atom stereocenters. The second-order valence-electron chi connectivity index (χ2n) is 3.04. The molecular formula is C11H15N3O. The zero-order valence-electron chi connectivity index (χ0n) is 8.79. The Morgan fingerprint density at radius 1 is 1.53 bits per heavy atom. The van der Waals surface area contributed by atoms with Gasteiger partial charge in [-0.1, -0.05) is 0 Å². The highest BCUT2D eigenvalue weighted by Gasteiger charge is 2.00. The van der Waals surface area contributed by atoms with Crippen molar-refractivity contribution in [1.82, 2.24) is 0 Å². The van der Waals surface area contributed by atoms with Crippen LogP contribution in [0.15, 0.2) is 18.2 Å². The maximum atomic E-state index is 8.87. The molecule has 15 heavy (non-hydrogen) atoms. The molecule has 0 fully saturated rings. The predicted octanol–water partition coefficient (Wildman–Crippen LogP) is 1.59. The molecule has 0 amide bonds. The van der Waals surface area contributed by atoms with Gasteiger partial charge < -0.3 is 15.8 Å². The molecule has 0 radical (unpaired) electrons. The molecule has 0 spiro atoms. The Kier molecular flexibility index (Phi) is 4.45. The van der Waals surface area contributed by atoms with Crippen molar-refractivity contribution in [2.45, 2.75) is 6.92 Å². The van der Waals surface area contributed by atoms with Gasteiger partial charge in [-0.3, -0.25) is 0 Å². The summed E-state index contributed by atoms with van der Waals surface area (Å²) >= 11 is 0. The third-order valence-corrected chi connectivity index (χ3v) is 1.93. The SMILES string of the molecule is CCOCCNc1ccc(N)cc1C#N. The summed E-state index contributed by atoms with van der Waals surface area (Å²) < 4.78 is 5.18. The minimum absolute atomic E-state index is 0.562. The number of nitrogens with one attached hydrogen (secondary N) is 1. The van der Waals surface area contributed by atoms with Crippen LogP contribution >= 0.6 is 0 Å². The predicted molar refractivity (Wildman–Crippen MR) is 60.6 cm³/mol. The number of benzene rings is 1. The third-order valence-electron chi connectivity index (χ3n) is 1.93. The van der Waals surface area contributed by atoms with Gasteiger partial charge in [0.15, 0.2) is 0 Å². The van der Waals surface area contributed by atoms with Crippen LogP contribution in [0.3, 0.4) is 0 Å². The van der Waals surface area contributed by atoms with E-state index in [-0.39, 0.29) is 0 Å². The zero-order valence-corrected chi connectivity index (χ0v) is 8.79. The summed E-state index contributed by atoms with van der Waals surface area (Å²) in [5, 5.41) is 12.0. The summed E-state index contributed by atoms with van der Waals surface area (Å²) in [4.78, 5) is 0. The number of nitriles is 1. The molecule has 1 aromatic carbocycles. The molecule has 0 bridgehead atoms. The highest BCUT2D eigenvalue weighted by molar-refractivity contribution is 5.62. The first kappa shape index (κ1) is 11.3. The van der Waals surface area contributed by atoms with E-state index in [0.29, 0.717) is 31.0 Å². The molecule has 1 rings (SSSR count). The van der Waals surface area contributed by atoms with Crippen molar-refractivity contribution in [3.05, 3.63) is 23.8 Å². The lowest BCUT2D eigenvalue weighted by Crippen LogP contribution is -2.10. The minimum Gasteiger partial charge on any atom is -0.399 e. The van der Waals surface area contributed by atoms with Gasteiger partial charge in [-0.05, 0) is 25.1 Å². The Morgan fingerprint density at radius 2 is 2.33 bits per heavy atom. The minimum atomic E-state index is 0.562. The van der Waals surface area contributed by atoms with E-state index in [2.05, 4.69) is 11.4 Å². The Morgan fingerprint density at radius 3 is 3.00 bits per heavy atom. The number of ether oxygens (including phenoxy) is 1. The molecule has 3 N–H and O–H groups in total. The average molecular weight is 205 g/mol. The van der Waals surface area contributed by atoms with Crippen LogP contribution in [-0.4, -0.2) is 19.8 Å². The van der Waals surface area contributed by atoms with E-state index in [9.17, 15) is 0 Å². The Hall–Kier alpha value is -1.73. The van der Waals surface area contributed by atoms with Gasteiger partial charge in [0.1, 0.15) is 6.07 Å². The Balaban J connectivity index is 2.57. The lowest BCUT2D eigenvalue weighted by molar-refractivity contribution is 0.158. The molecule has 0 heterocycles. The number of nitrogens with zero attached hydrogens (tertiary/aromatic N) is 1. The molecule has 0 unspecified atom stereocenters. The van der Waals surface area contributed by atoms with Gasteiger partial charge in [-0.15, -0.1) is 0 Å². The van der Waals surface area contributed by atoms with Gasteiger partial charge in [-0.2, -0.15) is 5.26 Å². The molecule has 0 aliphatic rings. The van der Waals surface area contributed by atoms with Crippen LogP contribution in [0.5, 0.6) is 0 Å². The molecule has 4 nitrogen and oxygen atoms in total. The fraction of sp³-hybridized carbons (Fsp3) is 0.364. The standard InChI is InChI=1S/C11H15N3O/c1-2-15-6-5-14-11-4-3-10(13)7-9(11)8-12/h3-4,7,14H,2,5-6,13H2,1H3. The molecular weight excluding hydrogens is 190 g/mol. The number of anilines is 2. The lowest BCUT2D eigenvalue weighted by atomic mass is 10.2. The van der Waals surface area contributed by atoms with E-state index in [4.69, 9.17) is 15.7 Å². The van der Waals surface area contributed by atoms with Crippen LogP contribution in [0.4, 0.5) is 11.4 Å². The first-order valence-electron chi connectivity index (χ1n) is 4.89. The second-order valence-corrected chi connectivity index (χ2v) is 3.04. The van der Waals surface area contributed by atoms with Crippen molar-refractivity contribution in [3.8, 4) is 6.07 Å². The fourth-order valence-corrected chi connectivity index (χ4v) is 1.21. The van der Waals surface area contributed by atoms with E-state index in [1.165, 1.54) is 0 Å². The number of nitrogen functional groups attached to an aromatic ring is 1. The van der Waals surface area contributed by atoms with Crippen LogP contribution in [-0.2, 0) is 4.74 Å². The number of hydrogen-bond donors (Lipinski definition) is 2. The lowest BCUT2D eigenvalue weighted by Gasteiger charge is -2.08. The molecule has 1 aromatic rings. The summed E-state index contributed by atoms with van der Waals surface area (Å²) in [7, 11) is 0. The number of nitrogens with two attached hydrogens (primary N) is 1. The highest BCUT2D eigenvalue weighted by atomic mass is 16.5. The van der Waals surface area contributed by atoms with Gasteiger partial charge in [-0.25, -0.2) is 0 Å². The van der Waals surface area contributed by atoms with Crippen LogP contribution < -0.4 is 11.1 Å². The number of rotatable bonds is 5. The van der Waals surface area contributed by atoms with E-state index in [1.54, 1.807) is 18.2 Å². The summed E-state index contributed by atoms with van der Waals surface area (Å²) in [5.74, 6) is 0. The Bertz CT molecular complexity index is 357. The summed E-state index contributed by atoms with van der Waals surface area (Å²) in [5.41, 5.74) is 7.53. The van der Waals surface area contributed by atoms with Crippen molar-refractivity contribution in [2.75, 3.05) is 30.8 Å². The van der Waals surface area contributed by atoms with Crippen LogP contribution in [0, 0.1) is 11.3 Å². The topological polar surface area (TPSA) is 71.1 Å². The third kappa shape index (κ3) is 3.49. The highest BCUT2D eigenvalue weighted by Crippen LogP contribution is 2.17. The van der Waals surface area contributed by atoms with Gasteiger partial charge in [0.2, 0.25) is 0 Å². The molecule has 4 heteroatoms. The molecule has 80 valence electrons. The second kappa shape index (κ2) is 5.89.